The van der Waals surface area contributed by atoms with E-state index < -0.39 is 17.6 Å². The molecule has 0 aliphatic carbocycles. The van der Waals surface area contributed by atoms with Crippen LogP contribution in [0.15, 0.2) is 39.3 Å². The molecule has 0 saturated carbocycles. The molecule has 1 atom stereocenters. The van der Waals surface area contributed by atoms with Crippen molar-refractivity contribution in [3.8, 4) is 17.2 Å². The fourth-order valence-corrected chi connectivity index (χ4v) is 4.34. The Hall–Kier alpha value is -1.97. The third kappa shape index (κ3) is 4.96. The van der Waals surface area contributed by atoms with Gasteiger partial charge < -0.3 is 24.4 Å². The third-order valence-corrected chi connectivity index (χ3v) is 5.71. The smallest absolute Gasteiger partial charge is 0.412 e. The lowest BCUT2D eigenvalue weighted by Gasteiger charge is -2.34. The second kappa shape index (κ2) is 8.81. The Labute approximate surface area is 185 Å². The monoisotopic (exact) mass is 529 g/mol. The van der Waals surface area contributed by atoms with Gasteiger partial charge >= 0.3 is 6.09 Å². The zero-order valence-electron chi connectivity index (χ0n) is 15.9. The van der Waals surface area contributed by atoms with Crippen LogP contribution in [-0.4, -0.2) is 29.7 Å². The Morgan fingerprint density at radius 3 is 2.69 bits per heavy atom. The summed E-state index contributed by atoms with van der Waals surface area (Å²) >= 11 is 6.71. The van der Waals surface area contributed by atoms with Gasteiger partial charge in [0.25, 0.3) is 0 Å². The van der Waals surface area contributed by atoms with Crippen molar-refractivity contribution in [3.05, 3.63) is 44.8 Å². The predicted molar refractivity (Wildman–Crippen MR) is 114 cm³/mol. The summed E-state index contributed by atoms with van der Waals surface area (Å²) in [6, 6.07) is 8.40. The van der Waals surface area contributed by atoms with E-state index in [2.05, 4.69) is 37.2 Å². The van der Waals surface area contributed by atoms with Crippen molar-refractivity contribution in [1.82, 2.24) is 0 Å². The van der Waals surface area contributed by atoms with E-state index in [-0.39, 0.29) is 19.1 Å². The van der Waals surface area contributed by atoms with E-state index in [0.717, 1.165) is 0 Å². The van der Waals surface area contributed by atoms with Gasteiger partial charge in [-0.1, -0.05) is 29.8 Å². The summed E-state index contributed by atoms with van der Waals surface area (Å²) in [5.41, 5.74) is 0.252. The molecular weight excluding hydrogens is 510 g/mol. The Kier molecular flexibility index (Phi) is 6.60. The highest BCUT2D eigenvalue weighted by Gasteiger charge is 2.36. The van der Waals surface area contributed by atoms with Crippen LogP contribution >= 0.6 is 31.9 Å². The molecule has 29 heavy (non-hydrogen) atoms. The summed E-state index contributed by atoms with van der Waals surface area (Å²) in [5, 5.41) is 22.7. The summed E-state index contributed by atoms with van der Waals surface area (Å²) < 4.78 is 17.5. The first-order valence-electron chi connectivity index (χ1n) is 8.87. The van der Waals surface area contributed by atoms with E-state index >= 15 is 0 Å². The zero-order valence-corrected chi connectivity index (χ0v) is 19.0. The highest BCUT2D eigenvalue weighted by molar-refractivity contribution is 9.11. The molecule has 3 rings (SSSR count). The molecule has 7 nitrogen and oxygen atoms in total. The van der Waals surface area contributed by atoms with E-state index in [0.29, 0.717) is 38.1 Å². The first kappa shape index (κ1) is 21.7. The SMILES string of the molecule is CC(C)(CCO)[C@H](OC(=O)Nc1ccc2c(c1)OCO2)c1cc(Br)cc(Br)c1O. The predicted octanol–water partition coefficient (Wildman–Crippen LogP) is 5.34. The van der Waals surface area contributed by atoms with Crippen molar-refractivity contribution in [2.75, 3.05) is 18.7 Å². The number of aliphatic hydroxyl groups excluding tert-OH is 1. The van der Waals surface area contributed by atoms with Crippen LogP contribution in [0.3, 0.4) is 0 Å². The van der Waals surface area contributed by atoms with Gasteiger partial charge in [0.2, 0.25) is 6.79 Å². The van der Waals surface area contributed by atoms with Crippen molar-refractivity contribution in [1.29, 1.82) is 0 Å². The number of benzene rings is 2. The summed E-state index contributed by atoms with van der Waals surface area (Å²) in [6.45, 7) is 3.76. The summed E-state index contributed by atoms with van der Waals surface area (Å²) in [5.74, 6) is 1.11. The van der Waals surface area contributed by atoms with Crippen LogP contribution in [0.4, 0.5) is 10.5 Å². The Balaban J connectivity index is 1.86. The highest BCUT2D eigenvalue weighted by atomic mass is 79.9. The molecule has 0 unspecified atom stereocenters. The molecule has 2 aromatic carbocycles. The number of rotatable bonds is 6. The summed E-state index contributed by atoms with van der Waals surface area (Å²) in [4.78, 5) is 12.7. The van der Waals surface area contributed by atoms with Crippen LogP contribution in [0.2, 0.25) is 0 Å². The maximum absolute atomic E-state index is 12.7. The number of nitrogens with one attached hydrogen (secondary N) is 1. The standard InChI is InChI=1S/C20H21Br2NO6/c1-20(2,5-6-24)18(13-7-11(21)8-14(22)17(13)25)29-19(26)23-12-3-4-15-16(9-12)28-10-27-15/h3-4,7-9,18,24-25H,5-6,10H2,1-2H3,(H,23,26)/t18-/m1/s1. The van der Waals surface area contributed by atoms with E-state index in [4.69, 9.17) is 14.2 Å². The van der Waals surface area contributed by atoms with Crippen molar-refractivity contribution >= 4 is 43.6 Å². The Bertz CT molecular complexity index is 918. The van der Waals surface area contributed by atoms with Gasteiger partial charge in [0.05, 0.1) is 4.47 Å². The van der Waals surface area contributed by atoms with Gasteiger partial charge in [-0.25, -0.2) is 4.79 Å². The van der Waals surface area contributed by atoms with Gasteiger partial charge in [-0.15, -0.1) is 0 Å². The molecule has 1 heterocycles. The lowest BCUT2D eigenvalue weighted by molar-refractivity contribution is 0.0138. The van der Waals surface area contributed by atoms with Crippen molar-refractivity contribution in [2.24, 2.45) is 5.41 Å². The number of phenols is 1. The third-order valence-electron chi connectivity index (χ3n) is 4.65. The lowest BCUT2D eigenvalue weighted by atomic mass is 9.79. The molecular formula is C20H21Br2NO6. The average Bonchev–Trinajstić information content (AvgIpc) is 3.10. The largest absolute Gasteiger partial charge is 0.506 e. The molecule has 1 amide bonds. The molecule has 0 fully saturated rings. The second-order valence-corrected chi connectivity index (χ2v) is 9.04. The summed E-state index contributed by atoms with van der Waals surface area (Å²) in [6.07, 6.45) is -1.16. The first-order valence-corrected chi connectivity index (χ1v) is 10.5. The zero-order chi connectivity index (χ0) is 21.2. The molecule has 0 radical (unpaired) electrons. The average molecular weight is 531 g/mol. The lowest BCUT2D eigenvalue weighted by Crippen LogP contribution is -2.30. The number of hydrogen-bond acceptors (Lipinski definition) is 6. The van der Waals surface area contributed by atoms with Gasteiger partial charge in [-0.2, -0.15) is 0 Å². The number of phenolic OH excluding ortho intramolecular Hbond substituents is 1. The van der Waals surface area contributed by atoms with Crippen LogP contribution < -0.4 is 14.8 Å². The molecule has 2 aromatic rings. The van der Waals surface area contributed by atoms with Crippen molar-refractivity contribution < 1.29 is 29.2 Å². The second-order valence-electron chi connectivity index (χ2n) is 7.27. The summed E-state index contributed by atoms with van der Waals surface area (Å²) in [7, 11) is 0. The number of aromatic hydroxyl groups is 1. The van der Waals surface area contributed by atoms with E-state index in [1.807, 2.05) is 13.8 Å². The number of aliphatic hydroxyl groups is 1. The number of anilines is 1. The minimum Gasteiger partial charge on any atom is -0.506 e. The molecule has 0 aromatic heterocycles. The van der Waals surface area contributed by atoms with Gasteiger partial charge in [0.1, 0.15) is 11.9 Å². The quantitative estimate of drug-likeness (QED) is 0.466. The Morgan fingerprint density at radius 1 is 1.24 bits per heavy atom. The maximum atomic E-state index is 12.7. The van der Waals surface area contributed by atoms with Crippen molar-refractivity contribution in [3.63, 3.8) is 0 Å². The van der Waals surface area contributed by atoms with E-state index in [1.165, 1.54) is 0 Å². The minimum absolute atomic E-state index is 0.0277. The fraction of sp³-hybridized carbons (Fsp3) is 0.350. The van der Waals surface area contributed by atoms with Crippen LogP contribution in [0.5, 0.6) is 17.2 Å². The minimum atomic E-state index is -0.822. The molecule has 0 bridgehead atoms. The number of amides is 1. The van der Waals surface area contributed by atoms with E-state index in [9.17, 15) is 15.0 Å². The van der Waals surface area contributed by atoms with Crippen molar-refractivity contribution in [2.45, 2.75) is 26.4 Å². The first-order chi connectivity index (χ1) is 13.7. The Morgan fingerprint density at radius 2 is 1.97 bits per heavy atom. The van der Waals surface area contributed by atoms with Gasteiger partial charge in [0.15, 0.2) is 11.5 Å². The number of hydrogen-bond donors (Lipinski definition) is 3. The molecule has 0 saturated heterocycles. The van der Waals surface area contributed by atoms with Crippen LogP contribution in [-0.2, 0) is 4.74 Å². The molecule has 3 N–H and O–H groups in total. The van der Waals surface area contributed by atoms with Gasteiger partial charge in [0, 0.05) is 33.8 Å². The number of ether oxygens (including phenoxy) is 3. The number of halogens is 2. The molecule has 9 heteroatoms. The number of carbonyl (C=O) groups is 1. The normalized spacial score (nSPS) is 13.8. The van der Waals surface area contributed by atoms with E-state index in [1.54, 1.807) is 30.3 Å². The molecule has 1 aliphatic heterocycles. The number of fused-ring (bicyclic) bond motifs is 1. The maximum Gasteiger partial charge on any atom is 0.412 e. The van der Waals surface area contributed by atoms with Crippen LogP contribution in [0.1, 0.15) is 31.9 Å². The molecule has 1 aliphatic rings. The van der Waals surface area contributed by atoms with Crippen LogP contribution in [0.25, 0.3) is 0 Å². The topological polar surface area (TPSA) is 97.3 Å². The van der Waals surface area contributed by atoms with Gasteiger partial charge in [-0.05, 0) is 46.6 Å². The number of carbonyl (C=O) groups excluding carboxylic acids is 1. The fourth-order valence-electron chi connectivity index (χ4n) is 3.08. The van der Waals surface area contributed by atoms with Gasteiger partial charge in [-0.3, -0.25) is 5.32 Å². The van der Waals surface area contributed by atoms with Crippen LogP contribution in [0, 0.1) is 5.41 Å². The molecule has 0 spiro atoms. The highest BCUT2D eigenvalue weighted by Crippen LogP contribution is 2.46. The molecule has 156 valence electrons.